The van der Waals surface area contributed by atoms with Gasteiger partial charge in [-0.1, -0.05) is 91.0 Å². The second-order valence-electron chi connectivity index (χ2n) is 6.07. The van der Waals surface area contributed by atoms with Gasteiger partial charge in [-0.25, -0.2) is 0 Å². The molecule has 3 aromatic rings. The third-order valence-electron chi connectivity index (χ3n) is 4.14. The Kier molecular flexibility index (Phi) is 5.94. The monoisotopic (exact) mass is 344 g/mol. The summed E-state index contributed by atoms with van der Waals surface area (Å²) in [4.78, 5) is 25.6. The van der Waals surface area contributed by atoms with Crippen LogP contribution < -0.4 is 0 Å². The standard InChI is InChI=1S/C23H20O3/c24-21(16-18-10-4-1-5-11-18)22(20-14-8-3-9-15-20)23(25)26-17-19-12-6-2-7-13-19/h1-15,22H,16-17H2. The van der Waals surface area contributed by atoms with E-state index in [2.05, 4.69) is 0 Å². The molecule has 0 saturated heterocycles. The molecule has 0 heterocycles. The lowest BCUT2D eigenvalue weighted by Gasteiger charge is -2.16. The van der Waals surface area contributed by atoms with Gasteiger partial charge in [-0.15, -0.1) is 0 Å². The highest BCUT2D eigenvalue weighted by Gasteiger charge is 2.29. The molecule has 3 nitrogen and oxygen atoms in total. The summed E-state index contributed by atoms with van der Waals surface area (Å²) in [6, 6.07) is 28.0. The third kappa shape index (κ3) is 4.67. The Labute approximate surface area is 153 Å². The van der Waals surface area contributed by atoms with Crippen LogP contribution in [0.4, 0.5) is 0 Å². The summed E-state index contributed by atoms with van der Waals surface area (Å²) >= 11 is 0. The summed E-state index contributed by atoms with van der Waals surface area (Å²) in [5.74, 6) is -1.60. The number of hydrogen-bond donors (Lipinski definition) is 0. The maximum Gasteiger partial charge on any atom is 0.321 e. The quantitative estimate of drug-likeness (QED) is 0.473. The van der Waals surface area contributed by atoms with E-state index < -0.39 is 11.9 Å². The van der Waals surface area contributed by atoms with Crippen molar-refractivity contribution in [2.75, 3.05) is 0 Å². The summed E-state index contributed by atoms with van der Waals surface area (Å²) in [5, 5.41) is 0. The normalized spacial score (nSPS) is 11.5. The van der Waals surface area contributed by atoms with Crippen LogP contribution in [0.5, 0.6) is 0 Å². The van der Waals surface area contributed by atoms with Crippen LogP contribution >= 0.6 is 0 Å². The molecular formula is C23H20O3. The molecule has 3 rings (SSSR count). The van der Waals surface area contributed by atoms with Gasteiger partial charge >= 0.3 is 5.97 Å². The molecular weight excluding hydrogens is 324 g/mol. The van der Waals surface area contributed by atoms with Crippen molar-refractivity contribution in [3.8, 4) is 0 Å². The number of hydrogen-bond acceptors (Lipinski definition) is 3. The molecule has 0 spiro atoms. The zero-order valence-corrected chi connectivity index (χ0v) is 14.4. The molecule has 3 heteroatoms. The minimum atomic E-state index is -0.917. The summed E-state index contributed by atoms with van der Waals surface area (Å²) in [5.41, 5.74) is 2.43. The number of Topliss-reactive ketones (excluding diaryl/α,β-unsaturated/α-hetero) is 1. The maximum absolute atomic E-state index is 12.9. The predicted octanol–water partition coefficient (Wildman–Crippen LogP) is 4.33. The largest absolute Gasteiger partial charge is 0.460 e. The van der Waals surface area contributed by atoms with Crippen LogP contribution in [-0.2, 0) is 27.4 Å². The van der Waals surface area contributed by atoms with Crippen molar-refractivity contribution >= 4 is 11.8 Å². The van der Waals surface area contributed by atoms with Crippen LogP contribution in [-0.4, -0.2) is 11.8 Å². The fraction of sp³-hybridized carbons (Fsp3) is 0.130. The third-order valence-corrected chi connectivity index (χ3v) is 4.14. The van der Waals surface area contributed by atoms with Gasteiger partial charge in [-0.2, -0.15) is 0 Å². The van der Waals surface area contributed by atoms with Gasteiger partial charge in [0.1, 0.15) is 12.5 Å². The fourth-order valence-corrected chi connectivity index (χ4v) is 2.81. The Balaban J connectivity index is 1.77. The molecule has 26 heavy (non-hydrogen) atoms. The van der Waals surface area contributed by atoms with Crippen LogP contribution in [0.25, 0.3) is 0 Å². The fourth-order valence-electron chi connectivity index (χ4n) is 2.81. The zero-order chi connectivity index (χ0) is 18.2. The first-order chi connectivity index (χ1) is 12.7. The SMILES string of the molecule is O=C(Cc1ccccc1)C(C(=O)OCc1ccccc1)c1ccccc1. The van der Waals surface area contributed by atoms with Crippen molar-refractivity contribution < 1.29 is 14.3 Å². The average molecular weight is 344 g/mol. The summed E-state index contributed by atoms with van der Waals surface area (Å²) in [7, 11) is 0. The van der Waals surface area contributed by atoms with Crippen molar-refractivity contribution in [3.63, 3.8) is 0 Å². The van der Waals surface area contributed by atoms with Crippen LogP contribution in [0.1, 0.15) is 22.6 Å². The molecule has 0 aromatic heterocycles. The molecule has 0 aliphatic rings. The molecule has 0 amide bonds. The Morgan fingerprint density at radius 3 is 1.77 bits per heavy atom. The van der Waals surface area contributed by atoms with Crippen molar-refractivity contribution in [3.05, 3.63) is 108 Å². The number of esters is 1. The Morgan fingerprint density at radius 1 is 0.692 bits per heavy atom. The molecule has 3 aromatic carbocycles. The van der Waals surface area contributed by atoms with E-state index in [0.29, 0.717) is 5.56 Å². The predicted molar refractivity (Wildman–Crippen MR) is 101 cm³/mol. The van der Waals surface area contributed by atoms with E-state index in [1.54, 1.807) is 12.1 Å². The average Bonchev–Trinajstić information content (AvgIpc) is 2.69. The number of benzene rings is 3. The van der Waals surface area contributed by atoms with E-state index in [1.807, 2.05) is 78.9 Å². The van der Waals surface area contributed by atoms with Gasteiger partial charge in [0.15, 0.2) is 5.78 Å². The smallest absolute Gasteiger partial charge is 0.321 e. The second-order valence-corrected chi connectivity index (χ2v) is 6.07. The van der Waals surface area contributed by atoms with E-state index in [9.17, 15) is 9.59 Å². The van der Waals surface area contributed by atoms with Gasteiger partial charge in [0.2, 0.25) is 0 Å². The molecule has 0 aliphatic heterocycles. The first-order valence-corrected chi connectivity index (χ1v) is 8.56. The van der Waals surface area contributed by atoms with Crippen LogP contribution in [0.15, 0.2) is 91.0 Å². The Bertz CT molecular complexity index is 842. The van der Waals surface area contributed by atoms with E-state index in [0.717, 1.165) is 11.1 Å². The van der Waals surface area contributed by atoms with Crippen molar-refractivity contribution in [1.29, 1.82) is 0 Å². The number of carbonyl (C=O) groups is 2. The minimum Gasteiger partial charge on any atom is -0.460 e. The van der Waals surface area contributed by atoms with Gasteiger partial charge in [0.05, 0.1) is 0 Å². The molecule has 130 valence electrons. The van der Waals surface area contributed by atoms with E-state index in [-0.39, 0.29) is 18.8 Å². The van der Waals surface area contributed by atoms with E-state index in [4.69, 9.17) is 4.74 Å². The first kappa shape index (κ1) is 17.6. The molecule has 0 N–H and O–H groups in total. The number of rotatable bonds is 7. The van der Waals surface area contributed by atoms with Crippen molar-refractivity contribution in [1.82, 2.24) is 0 Å². The van der Waals surface area contributed by atoms with Crippen LogP contribution in [0, 0.1) is 0 Å². The number of ketones is 1. The van der Waals surface area contributed by atoms with E-state index >= 15 is 0 Å². The topological polar surface area (TPSA) is 43.4 Å². The van der Waals surface area contributed by atoms with E-state index in [1.165, 1.54) is 0 Å². The second kappa shape index (κ2) is 8.77. The molecule has 0 aliphatic carbocycles. The van der Waals surface area contributed by atoms with Gasteiger partial charge in [0, 0.05) is 6.42 Å². The maximum atomic E-state index is 12.9. The van der Waals surface area contributed by atoms with Crippen molar-refractivity contribution in [2.45, 2.75) is 18.9 Å². The lowest BCUT2D eigenvalue weighted by atomic mass is 9.91. The van der Waals surface area contributed by atoms with Gasteiger partial charge in [0.25, 0.3) is 0 Å². The Hall–Kier alpha value is -3.20. The number of carbonyl (C=O) groups excluding carboxylic acids is 2. The number of ether oxygens (including phenoxy) is 1. The van der Waals surface area contributed by atoms with Crippen LogP contribution in [0.3, 0.4) is 0 Å². The molecule has 1 unspecified atom stereocenters. The molecule has 0 bridgehead atoms. The van der Waals surface area contributed by atoms with Crippen LogP contribution in [0.2, 0.25) is 0 Å². The zero-order valence-electron chi connectivity index (χ0n) is 14.4. The minimum absolute atomic E-state index is 0.154. The lowest BCUT2D eigenvalue weighted by Crippen LogP contribution is -2.25. The highest BCUT2D eigenvalue weighted by molar-refractivity contribution is 6.05. The summed E-state index contributed by atoms with van der Waals surface area (Å²) in [6.45, 7) is 0.154. The van der Waals surface area contributed by atoms with Gasteiger partial charge in [-0.05, 0) is 16.7 Å². The highest BCUT2D eigenvalue weighted by Crippen LogP contribution is 2.21. The van der Waals surface area contributed by atoms with Gasteiger partial charge in [-0.3, -0.25) is 9.59 Å². The molecule has 0 saturated carbocycles. The summed E-state index contributed by atoms with van der Waals surface area (Å²) < 4.78 is 5.44. The Morgan fingerprint density at radius 2 is 1.19 bits per heavy atom. The first-order valence-electron chi connectivity index (χ1n) is 8.56. The summed E-state index contributed by atoms with van der Waals surface area (Å²) in [6.07, 6.45) is 0.195. The lowest BCUT2D eigenvalue weighted by molar-refractivity contribution is -0.149. The molecule has 0 fully saturated rings. The van der Waals surface area contributed by atoms with Crippen molar-refractivity contribution in [2.24, 2.45) is 0 Å². The molecule has 1 atom stereocenters. The van der Waals surface area contributed by atoms with Gasteiger partial charge < -0.3 is 4.74 Å². The highest BCUT2D eigenvalue weighted by atomic mass is 16.5. The molecule has 0 radical (unpaired) electrons.